The summed E-state index contributed by atoms with van der Waals surface area (Å²) in [6.07, 6.45) is 0. The largest absolute Gasteiger partial charge is 0.310 e. The van der Waals surface area contributed by atoms with E-state index in [4.69, 9.17) is 0 Å². The summed E-state index contributed by atoms with van der Waals surface area (Å²) in [6.45, 7) is 0. The lowest BCUT2D eigenvalue weighted by Gasteiger charge is -2.30. The number of rotatable bonds is 16. The van der Waals surface area contributed by atoms with Crippen molar-refractivity contribution in [1.29, 1.82) is 0 Å². The molecular weight excluding hydrogens is 1540 g/mol. The van der Waals surface area contributed by atoms with Crippen molar-refractivity contribution < 1.29 is 0 Å². The van der Waals surface area contributed by atoms with Crippen molar-refractivity contribution in [3.63, 3.8) is 0 Å². The highest BCUT2D eigenvalue weighted by molar-refractivity contribution is 7.26. The average molecular weight is 1620 g/mol. The lowest BCUT2D eigenvalue weighted by Crippen LogP contribution is -2.13. The number of para-hydroxylation sites is 6. The van der Waals surface area contributed by atoms with Gasteiger partial charge in [0.05, 0.1) is 43.8 Å². The lowest BCUT2D eigenvalue weighted by molar-refractivity contribution is 1.18. The van der Waals surface area contributed by atoms with Crippen LogP contribution >= 0.6 is 22.7 Å². The van der Waals surface area contributed by atoms with Gasteiger partial charge in [-0.15, -0.1) is 22.7 Å². The third-order valence-corrected chi connectivity index (χ3v) is 26.6. The Kier molecular flexibility index (Phi) is 18.6. The number of fused-ring (bicyclic) bond motifs is 14. The van der Waals surface area contributed by atoms with Crippen LogP contribution in [0.25, 0.3) is 139 Å². The molecule has 0 amide bonds. The molecule has 4 heterocycles. The molecule has 0 saturated heterocycles. The maximum Gasteiger partial charge on any atom is 0.0640 e. The fourth-order valence-corrected chi connectivity index (χ4v) is 21.0. The van der Waals surface area contributed by atoms with Crippen molar-refractivity contribution in [1.82, 2.24) is 9.13 Å². The number of thiophene rings is 2. The zero-order chi connectivity index (χ0) is 82.0. The van der Waals surface area contributed by atoms with Crippen LogP contribution < -0.4 is 19.6 Å². The first-order chi connectivity index (χ1) is 61.5. The number of hydrogen-bond acceptors (Lipinski definition) is 6. The van der Waals surface area contributed by atoms with Crippen molar-refractivity contribution in [2.75, 3.05) is 19.6 Å². The molecule has 0 saturated carbocycles. The Morgan fingerprint density at radius 3 is 1.08 bits per heavy atom. The van der Waals surface area contributed by atoms with Gasteiger partial charge in [-0.25, -0.2) is 0 Å². The number of benzene rings is 20. The predicted molar refractivity (Wildman–Crippen MR) is 532 cm³/mol. The summed E-state index contributed by atoms with van der Waals surface area (Å²) in [5.74, 6) is 0. The van der Waals surface area contributed by atoms with Gasteiger partial charge in [-0.05, 0) is 209 Å². The smallest absolute Gasteiger partial charge is 0.0640 e. The summed E-state index contributed by atoms with van der Waals surface area (Å²) in [4.78, 5) is 9.55. The van der Waals surface area contributed by atoms with E-state index >= 15 is 0 Å². The molecule has 0 atom stereocenters. The first-order valence-corrected chi connectivity index (χ1v) is 43.8. The maximum absolute atomic E-state index is 2.46. The zero-order valence-electron chi connectivity index (χ0n) is 67.5. The van der Waals surface area contributed by atoms with E-state index in [9.17, 15) is 0 Å². The molecular formula is C116H78N6S2. The summed E-state index contributed by atoms with van der Waals surface area (Å²) >= 11 is 3.71. The molecule has 0 bridgehead atoms. The predicted octanol–water partition coefficient (Wildman–Crippen LogP) is 33.8. The highest BCUT2D eigenvalue weighted by Gasteiger charge is 2.25. The molecule has 0 spiro atoms. The summed E-state index contributed by atoms with van der Waals surface area (Å²) in [5, 5.41) is 15.1. The quantitative estimate of drug-likeness (QED) is 0.0962. The van der Waals surface area contributed by atoms with E-state index in [1.807, 2.05) is 22.7 Å². The van der Waals surface area contributed by atoms with E-state index in [0.717, 1.165) is 73.9 Å². The second kappa shape index (κ2) is 31.4. The normalized spacial score (nSPS) is 11.5. The molecule has 6 nitrogen and oxygen atoms in total. The van der Waals surface area contributed by atoms with E-state index in [-0.39, 0.29) is 0 Å². The van der Waals surface area contributed by atoms with Crippen LogP contribution in [0.3, 0.4) is 0 Å². The van der Waals surface area contributed by atoms with Gasteiger partial charge in [0, 0.05) is 131 Å². The van der Waals surface area contributed by atoms with Gasteiger partial charge in [-0.3, -0.25) is 0 Å². The van der Waals surface area contributed by atoms with E-state index in [1.165, 1.54) is 133 Å². The molecule has 0 unspecified atom stereocenters. The Labute approximate surface area is 726 Å². The van der Waals surface area contributed by atoms with Gasteiger partial charge in [0.25, 0.3) is 0 Å². The minimum absolute atomic E-state index is 1.07. The van der Waals surface area contributed by atoms with Gasteiger partial charge in [-0.1, -0.05) is 297 Å². The fraction of sp³-hybridized carbons (Fsp3) is 0. The van der Waals surface area contributed by atoms with Crippen LogP contribution in [-0.4, -0.2) is 9.13 Å². The van der Waals surface area contributed by atoms with Gasteiger partial charge < -0.3 is 28.7 Å². The Bertz CT molecular complexity index is 8130. The van der Waals surface area contributed by atoms with Crippen molar-refractivity contribution >= 4 is 196 Å². The highest BCUT2D eigenvalue weighted by Crippen LogP contribution is 2.50. The van der Waals surface area contributed by atoms with E-state index in [0.29, 0.717) is 0 Å². The van der Waals surface area contributed by atoms with E-state index < -0.39 is 0 Å². The van der Waals surface area contributed by atoms with Gasteiger partial charge in [0.2, 0.25) is 0 Å². The van der Waals surface area contributed by atoms with Crippen LogP contribution in [0.4, 0.5) is 68.2 Å². The molecule has 0 N–H and O–H groups in total. The molecule has 0 radical (unpaired) electrons. The molecule has 8 heteroatoms. The van der Waals surface area contributed by atoms with Crippen molar-refractivity contribution in [3.8, 4) is 33.6 Å². The summed E-state index contributed by atoms with van der Waals surface area (Å²) in [5.41, 5.74) is 25.1. The van der Waals surface area contributed by atoms with E-state index in [2.05, 4.69) is 502 Å². The van der Waals surface area contributed by atoms with Crippen LogP contribution in [-0.2, 0) is 0 Å². The second-order valence-corrected chi connectivity index (χ2v) is 33.6. The molecule has 0 aliphatic heterocycles. The summed E-state index contributed by atoms with van der Waals surface area (Å²) in [7, 11) is 0. The minimum Gasteiger partial charge on any atom is -0.310 e. The van der Waals surface area contributed by atoms with Crippen molar-refractivity contribution in [3.05, 3.63) is 473 Å². The zero-order valence-corrected chi connectivity index (χ0v) is 69.2. The van der Waals surface area contributed by atoms with Crippen LogP contribution in [0.15, 0.2) is 473 Å². The van der Waals surface area contributed by atoms with Gasteiger partial charge in [0.1, 0.15) is 0 Å². The first-order valence-electron chi connectivity index (χ1n) is 42.2. The Balaban J connectivity index is 0.000000143. The van der Waals surface area contributed by atoms with Crippen LogP contribution in [0.1, 0.15) is 0 Å². The van der Waals surface area contributed by atoms with E-state index in [1.54, 1.807) is 0 Å². The first kappa shape index (κ1) is 73.3. The summed E-state index contributed by atoms with van der Waals surface area (Å²) in [6, 6.07) is 172. The maximum atomic E-state index is 2.46. The molecule has 20 aromatic carbocycles. The van der Waals surface area contributed by atoms with Crippen LogP contribution in [0.5, 0.6) is 0 Å². The molecule has 124 heavy (non-hydrogen) atoms. The number of hydrogen-bond donors (Lipinski definition) is 0. The third-order valence-electron chi connectivity index (χ3n) is 24.3. The Hall–Kier alpha value is -15.8. The van der Waals surface area contributed by atoms with Crippen LogP contribution in [0.2, 0.25) is 0 Å². The Morgan fingerprint density at radius 2 is 0.508 bits per heavy atom. The number of anilines is 12. The monoisotopic (exact) mass is 1620 g/mol. The molecule has 0 fully saturated rings. The molecule has 4 aromatic heterocycles. The highest BCUT2D eigenvalue weighted by atomic mass is 32.1. The molecule has 24 rings (SSSR count). The van der Waals surface area contributed by atoms with Crippen LogP contribution in [0, 0.1) is 0 Å². The van der Waals surface area contributed by atoms with Gasteiger partial charge in [-0.2, -0.15) is 0 Å². The molecule has 0 aliphatic rings. The minimum atomic E-state index is 1.07. The summed E-state index contributed by atoms with van der Waals surface area (Å²) < 4.78 is 9.97. The Morgan fingerprint density at radius 1 is 0.169 bits per heavy atom. The number of aromatic nitrogens is 2. The topological polar surface area (TPSA) is 22.8 Å². The molecule has 584 valence electrons. The second-order valence-electron chi connectivity index (χ2n) is 31.5. The van der Waals surface area contributed by atoms with Gasteiger partial charge >= 0.3 is 0 Å². The fourth-order valence-electron chi connectivity index (χ4n) is 18.6. The lowest BCUT2D eigenvalue weighted by atomic mass is 10.0. The SMILES string of the molecule is c1ccc(N(c2ccc(-c3ccc4c5ccccc5n(-c5cccc6ccccc56)c4c3)cc2)c2cccc(N(c3ccccc3)c3ccc4c(c3)sc3ccccc34)c2)cc1.c1ccc(N(c2ccc(-c3ccc4c5ccccc5n(-c5ccccc5)c4c3)cc2)c2cccc(N(c3cccc4ccccc34)c3cccc4c3sc3ccccc34)c2)cc1. The number of nitrogens with zero attached hydrogens (tertiary/aromatic N) is 6. The molecule has 0 aliphatic carbocycles. The molecule has 24 aromatic rings. The third kappa shape index (κ3) is 13.1. The van der Waals surface area contributed by atoms with Gasteiger partial charge in [0.15, 0.2) is 0 Å². The standard InChI is InChI=1S/2C58H39N3S/c1-3-18-43(19-4-1)59(45-35-32-40(33-36-45)42-34-37-50-49-25-9-11-28-54(49)60(56(50)38-42)44-20-5-2-6-21-44)46-22-14-23-47(39-46)61(53-29-13-17-41-16-7-8-24-48(41)53)55-30-15-27-52-51-26-10-12-31-57(51)62-58(52)55;1-3-17-43(18-4-1)59(46-21-14-22-47(38-46)60(44-19-5-2-6-20-44)48-34-36-53-52-25-10-12-28-57(52)62-58(53)39-48)45-32-29-40(30-33-45)42-31-35-51-50-24-9-11-26-55(50)61(56(51)37-42)54-27-13-16-41-15-7-8-23-49(41)54/h2*1-39H. The van der Waals surface area contributed by atoms with Crippen molar-refractivity contribution in [2.45, 2.75) is 0 Å². The van der Waals surface area contributed by atoms with Crippen molar-refractivity contribution in [2.24, 2.45) is 0 Å². The average Bonchev–Trinajstić information content (AvgIpc) is 1.57.